The predicted molar refractivity (Wildman–Crippen MR) is 71.5 cm³/mol. The second-order valence-electron chi connectivity index (χ2n) is 4.63. The summed E-state index contributed by atoms with van der Waals surface area (Å²) in [6.07, 6.45) is 1.49. The molecular weight excluding hydrogens is 252 g/mol. The van der Waals surface area contributed by atoms with E-state index in [1.807, 2.05) is 6.92 Å². The Bertz CT molecular complexity index is 622. The van der Waals surface area contributed by atoms with Crippen molar-refractivity contribution in [3.8, 4) is 0 Å². The van der Waals surface area contributed by atoms with Gasteiger partial charge < -0.3 is 4.90 Å². The minimum absolute atomic E-state index is 0.0345. The molecule has 0 N–H and O–H groups in total. The molecule has 0 spiro atoms. The highest BCUT2D eigenvalue weighted by Gasteiger charge is 2.27. The van der Waals surface area contributed by atoms with E-state index >= 15 is 0 Å². The molecule has 1 heterocycles. The van der Waals surface area contributed by atoms with Gasteiger partial charge in [0.2, 0.25) is 15.9 Å². The zero-order chi connectivity index (χ0) is 13.7. The maximum absolute atomic E-state index is 11.7. The summed E-state index contributed by atoms with van der Waals surface area (Å²) < 4.78 is 24.3. The number of aryl methyl sites for hydroxylation is 1. The van der Waals surface area contributed by atoms with Gasteiger partial charge >= 0.3 is 0 Å². The number of rotatable bonds is 2. The largest absolute Gasteiger partial charge is 0.315 e. The number of nitrogens with zero attached hydrogens (tertiary/aromatic N) is 2. The maximum atomic E-state index is 11.7. The fourth-order valence-electron chi connectivity index (χ4n) is 2.23. The summed E-state index contributed by atoms with van der Waals surface area (Å²) >= 11 is 0. The predicted octanol–water partition coefficient (Wildman–Crippen LogP) is 0.910. The minimum atomic E-state index is -3.28. The van der Waals surface area contributed by atoms with E-state index in [1.54, 1.807) is 24.1 Å². The Labute approximate surface area is 107 Å². The summed E-state index contributed by atoms with van der Waals surface area (Å²) in [6.45, 7) is 1.88. The Kier molecular flexibility index (Phi) is 2.85. The van der Waals surface area contributed by atoms with Gasteiger partial charge in [0, 0.05) is 14.1 Å². The van der Waals surface area contributed by atoms with E-state index in [1.165, 1.54) is 11.4 Å². The first-order valence-corrected chi connectivity index (χ1v) is 7.40. The fourth-order valence-corrected chi connectivity index (χ4v) is 2.71. The molecule has 6 heteroatoms. The molecule has 0 bridgehead atoms. The van der Waals surface area contributed by atoms with Crippen LogP contribution in [0.2, 0.25) is 0 Å². The van der Waals surface area contributed by atoms with Gasteiger partial charge in [-0.1, -0.05) is 0 Å². The molecule has 1 aliphatic rings. The average Bonchev–Trinajstić information content (AvgIpc) is 2.52. The molecule has 2 rings (SSSR count). The maximum Gasteiger partial charge on any atom is 0.231 e. The monoisotopic (exact) mass is 268 g/mol. The van der Waals surface area contributed by atoms with Crippen LogP contribution in [0.1, 0.15) is 11.1 Å². The summed E-state index contributed by atoms with van der Waals surface area (Å²) in [6, 6.07) is 3.56. The van der Waals surface area contributed by atoms with Gasteiger partial charge in [-0.3, -0.25) is 9.10 Å². The number of benzene rings is 1. The van der Waals surface area contributed by atoms with Gasteiger partial charge in [-0.15, -0.1) is 0 Å². The molecule has 0 unspecified atom stereocenters. The smallest absolute Gasteiger partial charge is 0.231 e. The molecule has 0 aliphatic carbocycles. The lowest BCUT2D eigenvalue weighted by Gasteiger charge is -2.20. The second kappa shape index (κ2) is 3.98. The van der Waals surface area contributed by atoms with E-state index in [9.17, 15) is 13.2 Å². The molecule has 0 saturated heterocycles. The Morgan fingerprint density at radius 1 is 1.33 bits per heavy atom. The van der Waals surface area contributed by atoms with Crippen LogP contribution in [0.4, 0.5) is 11.4 Å². The third-order valence-electron chi connectivity index (χ3n) is 3.28. The quantitative estimate of drug-likeness (QED) is 0.801. The van der Waals surface area contributed by atoms with Crippen molar-refractivity contribution >= 4 is 27.3 Å². The number of hydrogen-bond acceptors (Lipinski definition) is 3. The van der Waals surface area contributed by atoms with Gasteiger partial charge in [0.1, 0.15) is 0 Å². The van der Waals surface area contributed by atoms with Crippen LogP contribution in [0.3, 0.4) is 0 Å². The third-order valence-corrected chi connectivity index (χ3v) is 4.48. The molecule has 0 fully saturated rings. The van der Waals surface area contributed by atoms with Crippen molar-refractivity contribution in [2.45, 2.75) is 13.3 Å². The van der Waals surface area contributed by atoms with Crippen molar-refractivity contribution in [1.29, 1.82) is 0 Å². The number of sulfonamides is 1. The first-order chi connectivity index (χ1) is 8.21. The number of anilines is 2. The van der Waals surface area contributed by atoms with Gasteiger partial charge in [0.05, 0.1) is 24.1 Å². The SMILES string of the molecule is Cc1cc(N(C)S(C)(=O)=O)cc2c1N(C)C(=O)C2. The highest BCUT2D eigenvalue weighted by Crippen LogP contribution is 2.35. The first-order valence-electron chi connectivity index (χ1n) is 5.56. The van der Waals surface area contributed by atoms with Crippen molar-refractivity contribution in [3.05, 3.63) is 23.3 Å². The number of carbonyl (C=O) groups excluding carboxylic acids is 1. The number of fused-ring (bicyclic) bond motifs is 1. The van der Waals surface area contributed by atoms with Crippen LogP contribution in [0.5, 0.6) is 0 Å². The average molecular weight is 268 g/mol. The van der Waals surface area contributed by atoms with Crippen LogP contribution in [0.25, 0.3) is 0 Å². The molecule has 18 heavy (non-hydrogen) atoms. The second-order valence-corrected chi connectivity index (χ2v) is 6.64. The summed E-state index contributed by atoms with van der Waals surface area (Å²) in [5.41, 5.74) is 3.28. The summed E-state index contributed by atoms with van der Waals surface area (Å²) in [5, 5.41) is 0. The number of hydrogen-bond donors (Lipinski definition) is 0. The first kappa shape index (κ1) is 12.9. The van der Waals surface area contributed by atoms with E-state index in [4.69, 9.17) is 0 Å². The van der Waals surface area contributed by atoms with E-state index in [2.05, 4.69) is 0 Å². The molecule has 1 aliphatic heterocycles. The van der Waals surface area contributed by atoms with Gasteiger partial charge in [0.15, 0.2) is 0 Å². The molecule has 1 amide bonds. The lowest BCUT2D eigenvalue weighted by molar-refractivity contribution is -0.117. The van der Waals surface area contributed by atoms with Crippen LogP contribution in [-0.2, 0) is 21.2 Å². The van der Waals surface area contributed by atoms with Gasteiger partial charge in [-0.25, -0.2) is 8.42 Å². The number of amides is 1. The van der Waals surface area contributed by atoms with Gasteiger partial charge in [-0.2, -0.15) is 0 Å². The summed E-state index contributed by atoms with van der Waals surface area (Å²) in [7, 11) is -0.0342. The third kappa shape index (κ3) is 1.96. The van der Waals surface area contributed by atoms with Crippen LogP contribution >= 0.6 is 0 Å². The number of carbonyl (C=O) groups is 1. The Hall–Kier alpha value is -1.56. The van der Waals surface area contributed by atoms with E-state index in [0.717, 1.165) is 23.1 Å². The van der Waals surface area contributed by atoms with Crippen molar-refractivity contribution in [2.24, 2.45) is 0 Å². The number of likely N-dealkylation sites (N-methyl/N-ethyl adjacent to an activating group) is 1. The molecule has 98 valence electrons. The molecular formula is C12H16N2O3S. The molecule has 1 aromatic rings. The standard InChI is InChI=1S/C12H16N2O3S/c1-8-5-10(14(3)18(4,16)17)6-9-7-11(15)13(2)12(8)9/h5-6H,7H2,1-4H3. The molecule has 0 aromatic heterocycles. The molecule has 0 radical (unpaired) electrons. The zero-order valence-electron chi connectivity index (χ0n) is 10.9. The highest BCUT2D eigenvalue weighted by atomic mass is 32.2. The topological polar surface area (TPSA) is 57.7 Å². The minimum Gasteiger partial charge on any atom is -0.315 e. The molecule has 0 atom stereocenters. The molecule has 0 saturated carbocycles. The van der Waals surface area contributed by atoms with E-state index < -0.39 is 10.0 Å². The van der Waals surface area contributed by atoms with Crippen molar-refractivity contribution in [1.82, 2.24) is 0 Å². The van der Waals surface area contributed by atoms with E-state index in [-0.39, 0.29) is 5.91 Å². The van der Waals surface area contributed by atoms with Crippen molar-refractivity contribution < 1.29 is 13.2 Å². The van der Waals surface area contributed by atoms with Crippen molar-refractivity contribution in [2.75, 3.05) is 29.6 Å². The lowest BCUT2D eigenvalue weighted by atomic mass is 10.1. The molecule has 5 nitrogen and oxygen atoms in total. The van der Waals surface area contributed by atoms with Crippen LogP contribution in [0, 0.1) is 6.92 Å². The van der Waals surface area contributed by atoms with E-state index in [0.29, 0.717) is 12.1 Å². The fraction of sp³-hybridized carbons (Fsp3) is 0.417. The Balaban J connectivity index is 2.55. The van der Waals surface area contributed by atoms with Crippen molar-refractivity contribution in [3.63, 3.8) is 0 Å². The summed E-state index contributed by atoms with van der Waals surface area (Å²) in [5.74, 6) is 0.0345. The molecule has 1 aromatic carbocycles. The van der Waals surface area contributed by atoms with Gasteiger partial charge in [0.25, 0.3) is 0 Å². The van der Waals surface area contributed by atoms with Gasteiger partial charge in [-0.05, 0) is 30.2 Å². The Morgan fingerprint density at radius 2 is 1.94 bits per heavy atom. The summed E-state index contributed by atoms with van der Waals surface area (Å²) in [4.78, 5) is 13.3. The van der Waals surface area contributed by atoms with Crippen LogP contribution < -0.4 is 9.21 Å². The Morgan fingerprint density at radius 3 is 2.50 bits per heavy atom. The lowest BCUT2D eigenvalue weighted by Crippen LogP contribution is -2.25. The van der Waals surface area contributed by atoms with Crippen LogP contribution in [0.15, 0.2) is 12.1 Å². The zero-order valence-corrected chi connectivity index (χ0v) is 11.7. The van der Waals surface area contributed by atoms with Crippen LogP contribution in [-0.4, -0.2) is 34.7 Å². The normalized spacial score (nSPS) is 14.9. The highest BCUT2D eigenvalue weighted by molar-refractivity contribution is 7.92.